The number of carbonyl (C=O) groups is 1. The Bertz CT molecular complexity index is 1100. The van der Waals surface area contributed by atoms with Crippen molar-refractivity contribution in [2.75, 3.05) is 44.2 Å². The summed E-state index contributed by atoms with van der Waals surface area (Å²) in [5, 5.41) is 0. The number of hydrogen-bond donors (Lipinski definition) is 0. The van der Waals surface area contributed by atoms with Crippen molar-refractivity contribution < 1.29 is 9.53 Å². The largest absolute Gasteiger partial charge is 0.465 e. The van der Waals surface area contributed by atoms with E-state index in [1.54, 1.807) is 0 Å². The zero-order valence-electron chi connectivity index (χ0n) is 22.1. The Labute approximate surface area is 216 Å². The van der Waals surface area contributed by atoms with E-state index < -0.39 is 5.41 Å². The Kier molecular flexibility index (Phi) is 8.82. The molecule has 3 aromatic carbocycles. The van der Waals surface area contributed by atoms with E-state index in [1.165, 1.54) is 22.4 Å². The molecule has 1 fully saturated rings. The van der Waals surface area contributed by atoms with Crippen molar-refractivity contribution in [2.24, 2.45) is 0 Å². The van der Waals surface area contributed by atoms with E-state index in [0.29, 0.717) is 6.61 Å². The fourth-order valence-electron chi connectivity index (χ4n) is 5.10. The summed E-state index contributed by atoms with van der Waals surface area (Å²) in [6, 6.07) is 27.8. The molecule has 1 atom stereocenters. The molecule has 0 amide bonds. The number of ether oxygens (including phenoxy) is 1. The molecule has 0 bridgehead atoms. The van der Waals surface area contributed by atoms with Gasteiger partial charge in [0.15, 0.2) is 0 Å². The maximum absolute atomic E-state index is 13.0. The molecule has 1 aliphatic rings. The van der Waals surface area contributed by atoms with Crippen LogP contribution in [0.25, 0.3) is 11.1 Å². The van der Waals surface area contributed by atoms with Crippen molar-refractivity contribution in [3.63, 3.8) is 0 Å². The number of nitrogens with zero attached hydrogens (tertiary/aromatic N) is 2. The van der Waals surface area contributed by atoms with Gasteiger partial charge in [0.05, 0.1) is 12.0 Å². The van der Waals surface area contributed by atoms with Crippen molar-refractivity contribution in [1.82, 2.24) is 4.90 Å². The number of rotatable bonds is 10. The van der Waals surface area contributed by atoms with Gasteiger partial charge in [-0.05, 0) is 68.5 Å². The van der Waals surface area contributed by atoms with Crippen LogP contribution in [0.5, 0.6) is 0 Å². The van der Waals surface area contributed by atoms with Crippen molar-refractivity contribution >= 4 is 11.7 Å². The first-order valence-electron chi connectivity index (χ1n) is 13.4. The van der Waals surface area contributed by atoms with E-state index in [1.807, 2.05) is 32.0 Å². The zero-order chi connectivity index (χ0) is 25.4. The topological polar surface area (TPSA) is 32.8 Å². The molecule has 190 valence electrons. The Morgan fingerprint density at radius 2 is 1.61 bits per heavy atom. The molecule has 0 saturated carbocycles. The summed E-state index contributed by atoms with van der Waals surface area (Å²) < 4.78 is 5.60. The van der Waals surface area contributed by atoms with Gasteiger partial charge in [0.2, 0.25) is 0 Å². The van der Waals surface area contributed by atoms with Gasteiger partial charge in [0.25, 0.3) is 0 Å². The molecule has 36 heavy (non-hydrogen) atoms. The summed E-state index contributed by atoms with van der Waals surface area (Å²) in [5.74, 6) is -0.102. The molecule has 4 rings (SSSR count). The van der Waals surface area contributed by atoms with Crippen LogP contribution in [0.15, 0.2) is 78.9 Å². The predicted octanol–water partition coefficient (Wildman–Crippen LogP) is 6.48. The summed E-state index contributed by atoms with van der Waals surface area (Å²) in [5.41, 5.74) is 5.56. The number of piperazine rings is 1. The summed E-state index contributed by atoms with van der Waals surface area (Å²) in [6.07, 6.45) is 2.60. The molecule has 1 saturated heterocycles. The molecule has 4 heteroatoms. The highest BCUT2D eigenvalue weighted by molar-refractivity contribution is 5.82. The van der Waals surface area contributed by atoms with Crippen LogP contribution in [-0.4, -0.2) is 50.2 Å². The molecule has 3 aromatic rings. The highest BCUT2D eigenvalue weighted by atomic mass is 16.5. The number of benzene rings is 3. The molecule has 0 N–H and O–H groups in total. The highest BCUT2D eigenvalue weighted by Gasteiger charge is 2.36. The second-order valence-corrected chi connectivity index (χ2v) is 10.2. The second kappa shape index (κ2) is 12.2. The fourth-order valence-corrected chi connectivity index (χ4v) is 5.10. The van der Waals surface area contributed by atoms with E-state index in [2.05, 4.69) is 77.4 Å². The van der Waals surface area contributed by atoms with E-state index >= 15 is 0 Å². The molecule has 0 aromatic heterocycles. The summed E-state index contributed by atoms with van der Waals surface area (Å²) in [6.45, 7) is 11.8. The van der Waals surface area contributed by atoms with Gasteiger partial charge >= 0.3 is 5.97 Å². The van der Waals surface area contributed by atoms with E-state index in [0.717, 1.165) is 57.5 Å². The lowest BCUT2D eigenvalue weighted by atomic mass is 9.78. The van der Waals surface area contributed by atoms with Crippen LogP contribution >= 0.6 is 0 Å². The Morgan fingerprint density at radius 1 is 0.889 bits per heavy atom. The van der Waals surface area contributed by atoms with Crippen molar-refractivity contribution in [2.45, 2.75) is 45.4 Å². The van der Waals surface area contributed by atoms with Gasteiger partial charge < -0.3 is 9.64 Å². The van der Waals surface area contributed by atoms with E-state index in [9.17, 15) is 4.79 Å². The van der Waals surface area contributed by atoms with Gasteiger partial charge in [-0.1, -0.05) is 79.2 Å². The molecular formula is C32H40N2O2. The van der Waals surface area contributed by atoms with Gasteiger partial charge in [0, 0.05) is 31.9 Å². The highest BCUT2D eigenvalue weighted by Crippen LogP contribution is 2.31. The minimum atomic E-state index is -0.600. The van der Waals surface area contributed by atoms with Crippen molar-refractivity contribution in [3.05, 3.63) is 90.0 Å². The molecule has 4 nitrogen and oxygen atoms in total. The van der Waals surface area contributed by atoms with Crippen LogP contribution in [0.3, 0.4) is 0 Å². The van der Waals surface area contributed by atoms with Crippen LogP contribution in [0.1, 0.15) is 44.2 Å². The maximum atomic E-state index is 13.0. The average molecular weight is 485 g/mol. The quantitative estimate of drug-likeness (QED) is 0.309. The molecule has 0 spiro atoms. The molecule has 1 heterocycles. The standard InChI is InChI=1S/C32H40N2O2/c1-4-24-36-31(35)32(3,29-12-6-5-7-13-29)18-9-19-33-20-22-34(23-21-33)30-16-14-27(15-17-30)28-11-8-10-26(2)25-28/h5-8,10-17,25H,4,9,18-24H2,1-3H3. The van der Waals surface area contributed by atoms with Crippen LogP contribution < -0.4 is 4.90 Å². The van der Waals surface area contributed by atoms with Crippen LogP contribution in [0, 0.1) is 6.92 Å². The summed E-state index contributed by atoms with van der Waals surface area (Å²) >= 11 is 0. The van der Waals surface area contributed by atoms with Crippen molar-refractivity contribution in [3.8, 4) is 11.1 Å². The van der Waals surface area contributed by atoms with Gasteiger partial charge in [-0.2, -0.15) is 0 Å². The minimum absolute atomic E-state index is 0.102. The lowest BCUT2D eigenvalue weighted by Crippen LogP contribution is -2.47. The third-order valence-corrected chi connectivity index (χ3v) is 7.41. The molecule has 1 aliphatic heterocycles. The normalized spacial score (nSPS) is 15.9. The van der Waals surface area contributed by atoms with Crippen molar-refractivity contribution in [1.29, 1.82) is 0 Å². The Hall–Kier alpha value is -3.11. The summed E-state index contributed by atoms with van der Waals surface area (Å²) in [7, 11) is 0. The zero-order valence-corrected chi connectivity index (χ0v) is 22.1. The molecule has 0 radical (unpaired) electrons. The van der Waals surface area contributed by atoms with Crippen LogP contribution in [-0.2, 0) is 14.9 Å². The fraction of sp³-hybridized carbons (Fsp3) is 0.406. The smallest absolute Gasteiger partial charge is 0.316 e. The monoisotopic (exact) mass is 484 g/mol. The van der Waals surface area contributed by atoms with Gasteiger partial charge in [-0.15, -0.1) is 0 Å². The van der Waals surface area contributed by atoms with Crippen LogP contribution in [0.4, 0.5) is 5.69 Å². The first kappa shape index (κ1) is 26.0. The number of carbonyl (C=O) groups excluding carboxylic acids is 1. The van der Waals surface area contributed by atoms with Gasteiger partial charge in [-0.3, -0.25) is 9.69 Å². The lowest BCUT2D eigenvalue weighted by Gasteiger charge is -2.37. The molecular weight excluding hydrogens is 444 g/mol. The Morgan fingerprint density at radius 3 is 2.28 bits per heavy atom. The average Bonchev–Trinajstić information content (AvgIpc) is 2.92. The van der Waals surface area contributed by atoms with E-state index in [4.69, 9.17) is 4.74 Å². The minimum Gasteiger partial charge on any atom is -0.465 e. The number of hydrogen-bond acceptors (Lipinski definition) is 4. The summed E-state index contributed by atoms with van der Waals surface area (Å²) in [4.78, 5) is 18.0. The molecule has 1 unspecified atom stereocenters. The first-order valence-corrected chi connectivity index (χ1v) is 13.4. The second-order valence-electron chi connectivity index (χ2n) is 10.2. The third kappa shape index (κ3) is 6.36. The maximum Gasteiger partial charge on any atom is 0.316 e. The van der Waals surface area contributed by atoms with E-state index in [-0.39, 0.29) is 5.97 Å². The third-order valence-electron chi connectivity index (χ3n) is 7.41. The Balaban J connectivity index is 1.29. The van der Waals surface area contributed by atoms with Crippen LogP contribution in [0.2, 0.25) is 0 Å². The van der Waals surface area contributed by atoms with Gasteiger partial charge in [-0.25, -0.2) is 0 Å². The molecule has 0 aliphatic carbocycles. The lowest BCUT2D eigenvalue weighted by molar-refractivity contribution is -0.150. The predicted molar refractivity (Wildman–Crippen MR) is 150 cm³/mol. The first-order chi connectivity index (χ1) is 17.5. The number of anilines is 1. The number of esters is 1. The number of aryl methyl sites for hydroxylation is 1. The van der Waals surface area contributed by atoms with Gasteiger partial charge in [0.1, 0.15) is 0 Å². The SMILES string of the molecule is CCCOC(=O)C(C)(CCCN1CCN(c2ccc(-c3cccc(C)c3)cc2)CC1)c1ccccc1.